The molecule has 0 saturated heterocycles. The molecule has 0 radical (unpaired) electrons. The van der Waals surface area contributed by atoms with Crippen LogP contribution in [-0.2, 0) is 17.5 Å². The molecule has 1 fully saturated rings. The van der Waals surface area contributed by atoms with E-state index in [0.717, 1.165) is 53.2 Å². The summed E-state index contributed by atoms with van der Waals surface area (Å²) < 4.78 is 40.8. The number of alkyl halides is 3. The van der Waals surface area contributed by atoms with E-state index in [9.17, 15) is 18.0 Å². The molecule has 194 valence electrons. The number of amides is 1. The van der Waals surface area contributed by atoms with Gasteiger partial charge in [0.2, 0.25) is 0 Å². The molecule has 1 aliphatic carbocycles. The Kier molecular flexibility index (Phi) is 6.63. The van der Waals surface area contributed by atoms with Crippen LogP contribution in [0.5, 0.6) is 0 Å². The number of nitrogens with zero attached hydrogens (tertiary/aromatic N) is 4. The topological polar surface area (TPSA) is 111 Å². The number of anilines is 2. The number of aromatic nitrogens is 4. The van der Waals surface area contributed by atoms with Crippen LogP contribution in [0, 0.1) is 11.8 Å². The molecular weight excluding hydrogens is 495 g/mol. The number of benzene rings is 1. The van der Waals surface area contributed by atoms with Gasteiger partial charge in [-0.2, -0.15) is 18.3 Å². The Morgan fingerprint density at radius 2 is 1.87 bits per heavy atom. The normalized spacial score (nSPS) is 16.8. The average Bonchev–Trinajstić information content (AvgIpc) is 3.25. The van der Waals surface area contributed by atoms with Gasteiger partial charge in [-0.05, 0) is 49.4 Å². The second-order valence-electron chi connectivity index (χ2n) is 9.03. The summed E-state index contributed by atoms with van der Waals surface area (Å²) in [5.41, 5.74) is 8.72. The summed E-state index contributed by atoms with van der Waals surface area (Å²) in [6, 6.07) is 11.4. The average molecular weight is 520 g/mol. The zero-order valence-corrected chi connectivity index (χ0v) is 20.4. The third kappa shape index (κ3) is 5.11. The number of rotatable bonds is 6. The van der Waals surface area contributed by atoms with Gasteiger partial charge in [-0.25, -0.2) is 9.97 Å². The Labute approximate surface area is 216 Å². The quantitative estimate of drug-likeness (QED) is 0.323. The fourth-order valence-corrected chi connectivity index (χ4v) is 4.51. The van der Waals surface area contributed by atoms with Crippen LogP contribution >= 0.6 is 0 Å². The minimum Gasteiger partial charge on any atom is -0.383 e. The Morgan fingerprint density at radius 3 is 2.58 bits per heavy atom. The maximum absolute atomic E-state index is 13.0. The number of carbonyl (C=O) groups excluding carboxylic acids is 1. The standard InChI is InChI=1S/C27H24F3N7O/c1-2-3-23(38)35-19-13-20(14-19)37-21-9-11-33-26(31)24(21)25(36-37)17-6-4-16(5-7-17)15-34-22-12-18(8-10-32-22)27(28,29)30/h4-12,19-20H,13-15H2,1H3,(H2,31,33)(H,32,34)(H,35,38). The Bertz CT molecular complexity index is 1550. The smallest absolute Gasteiger partial charge is 0.383 e. The molecule has 0 atom stereocenters. The van der Waals surface area contributed by atoms with E-state index < -0.39 is 11.7 Å². The Morgan fingerprint density at radius 1 is 1.13 bits per heavy atom. The van der Waals surface area contributed by atoms with Crippen LogP contribution in [0.2, 0.25) is 0 Å². The lowest BCUT2D eigenvalue weighted by Crippen LogP contribution is -2.44. The van der Waals surface area contributed by atoms with Crippen molar-refractivity contribution in [3.8, 4) is 23.1 Å². The molecule has 11 heteroatoms. The summed E-state index contributed by atoms with van der Waals surface area (Å²) >= 11 is 0. The van der Waals surface area contributed by atoms with Crippen LogP contribution in [-0.4, -0.2) is 31.7 Å². The summed E-state index contributed by atoms with van der Waals surface area (Å²) in [5.74, 6) is 5.32. The number of hydrogen-bond acceptors (Lipinski definition) is 6. The number of pyridine rings is 2. The highest BCUT2D eigenvalue weighted by Crippen LogP contribution is 2.39. The van der Waals surface area contributed by atoms with Crippen LogP contribution in [0.1, 0.15) is 36.9 Å². The molecule has 1 aliphatic rings. The van der Waals surface area contributed by atoms with E-state index in [1.54, 1.807) is 13.1 Å². The van der Waals surface area contributed by atoms with Gasteiger partial charge in [-0.15, -0.1) is 0 Å². The van der Waals surface area contributed by atoms with E-state index >= 15 is 0 Å². The maximum Gasteiger partial charge on any atom is 0.416 e. The lowest BCUT2D eigenvalue weighted by atomic mass is 9.86. The molecule has 1 saturated carbocycles. The number of nitrogens with one attached hydrogen (secondary N) is 2. The van der Waals surface area contributed by atoms with Gasteiger partial charge in [0.15, 0.2) is 0 Å². The van der Waals surface area contributed by atoms with Gasteiger partial charge in [0, 0.05) is 30.5 Å². The summed E-state index contributed by atoms with van der Waals surface area (Å²) in [5, 5.41) is 11.4. The number of carbonyl (C=O) groups is 1. The summed E-state index contributed by atoms with van der Waals surface area (Å²) in [4.78, 5) is 20.0. The van der Waals surface area contributed by atoms with Crippen molar-refractivity contribution in [3.05, 3.63) is 66.0 Å². The lowest BCUT2D eigenvalue weighted by Gasteiger charge is -2.35. The predicted molar refractivity (Wildman–Crippen MR) is 138 cm³/mol. The highest BCUT2D eigenvalue weighted by Gasteiger charge is 2.34. The monoisotopic (exact) mass is 519 g/mol. The van der Waals surface area contributed by atoms with E-state index in [-0.39, 0.29) is 23.8 Å². The maximum atomic E-state index is 13.0. The van der Waals surface area contributed by atoms with E-state index in [2.05, 4.69) is 32.4 Å². The Hall–Kier alpha value is -4.59. The molecule has 0 bridgehead atoms. The zero-order chi connectivity index (χ0) is 26.9. The molecule has 4 N–H and O–H groups in total. The molecular formula is C27H24F3N7O. The molecule has 3 aromatic heterocycles. The first-order valence-electron chi connectivity index (χ1n) is 12.0. The molecule has 0 aliphatic heterocycles. The molecule has 8 nitrogen and oxygen atoms in total. The van der Waals surface area contributed by atoms with Gasteiger partial charge in [0.1, 0.15) is 17.3 Å². The lowest BCUT2D eigenvalue weighted by molar-refractivity contribution is -0.137. The van der Waals surface area contributed by atoms with Crippen LogP contribution < -0.4 is 16.4 Å². The van der Waals surface area contributed by atoms with Gasteiger partial charge in [-0.1, -0.05) is 30.2 Å². The van der Waals surface area contributed by atoms with Crippen LogP contribution in [0.15, 0.2) is 54.9 Å². The van der Waals surface area contributed by atoms with Crippen molar-refractivity contribution in [2.45, 2.75) is 44.6 Å². The fraction of sp³-hybridized carbons (Fsp3) is 0.259. The Balaban J connectivity index is 1.33. The van der Waals surface area contributed by atoms with Crippen molar-refractivity contribution >= 4 is 28.4 Å². The molecule has 1 amide bonds. The fourth-order valence-electron chi connectivity index (χ4n) is 4.51. The number of nitrogens with two attached hydrogens (primary N) is 1. The number of hydrogen-bond donors (Lipinski definition) is 3. The number of halogens is 3. The van der Waals surface area contributed by atoms with Crippen LogP contribution in [0.3, 0.4) is 0 Å². The second-order valence-corrected chi connectivity index (χ2v) is 9.03. The highest BCUT2D eigenvalue weighted by molar-refractivity contribution is 6.00. The first-order chi connectivity index (χ1) is 18.2. The minimum atomic E-state index is -4.43. The van der Waals surface area contributed by atoms with Crippen molar-refractivity contribution in [2.24, 2.45) is 0 Å². The van der Waals surface area contributed by atoms with Gasteiger partial charge >= 0.3 is 6.18 Å². The van der Waals surface area contributed by atoms with E-state index in [1.165, 1.54) is 0 Å². The summed E-state index contributed by atoms with van der Waals surface area (Å²) in [6.45, 7) is 1.92. The molecule has 1 aromatic carbocycles. The first-order valence-corrected chi connectivity index (χ1v) is 12.0. The highest BCUT2D eigenvalue weighted by atomic mass is 19.4. The third-order valence-corrected chi connectivity index (χ3v) is 6.47. The predicted octanol–water partition coefficient (Wildman–Crippen LogP) is 4.55. The third-order valence-electron chi connectivity index (χ3n) is 6.47. The van der Waals surface area contributed by atoms with Crippen molar-refractivity contribution in [2.75, 3.05) is 11.1 Å². The summed E-state index contributed by atoms with van der Waals surface area (Å²) in [6.07, 6.45) is -0.202. The first kappa shape index (κ1) is 25.1. The minimum absolute atomic E-state index is 0.0355. The van der Waals surface area contributed by atoms with Crippen molar-refractivity contribution < 1.29 is 18.0 Å². The van der Waals surface area contributed by atoms with Gasteiger partial charge in [-0.3, -0.25) is 9.48 Å². The van der Waals surface area contributed by atoms with E-state index in [4.69, 9.17) is 10.8 Å². The number of fused-ring (bicyclic) bond motifs is 1. The molecule has 0 spiro atoms. The van der Waals surface area contributed by atoms with Crippen LogP contribution in [0.4, 0.5) is 24.8 Å². The second kappa shape index (κ2) is 10.0. The van der Waals surface area contributed by atoms with Crippen molar-refractivity contribution in [3.63, 3.8) is 0 Å². The van der Waals surface area contributed by atoms with E-state index in [0.29, 0.717) is 18.1 Å². The summed E-state index contributed by atoms with van der Waals surface area (Å²) in [7, 11) is 0. The largest absolute Gasteiger partial charge is 0.416 e. The molecule has 38 heavy (non-hydrogen) atoms. The molecule has 5 rings (SSSR count). The van der Waals surface area contributed by atoms with Crippen molar-refractivity contribution in [1.82, 2.24) is 25.1 Å². The molecule has 3 heterocycles. The van der Waals surface area contributed by atoms with Gasteiger partial charge in [0.05, 0.1) is 22.5 Å². The van der Waals surface area contributed by atoms with Crippen LogP contribution in [0.25, 0.3) is 22.2 Å². The molecule has 4 aromatic rings. The van der Waals surface area contributed by atoms with E-state index in [1.807, 2.05) is 35.0 Å². The SMILES string of the molecule is CC#CC(=O)NC1CC(n2nc(-c3ccc(CNc4cc(C(F)(F)F)ccn4)cc3)c3c(N)nccc32)C1. The zero-order valence-electron chi connectivity index (χ0n) is 20.4. The molecule has 0 unspecified atom stereocenters. The van der Waals surface area contributed by atoms with Crippen molar-refractivity contribution in [1.29, 1.82) is 0 Å². The van der Waals surface area contributed by atoms with Gasteiger partial charge in [0.25, 0.3) is 5.91 Å². The van der Waals surface area contributed by atoms with Gasteiger partial charge < -0.3 is 16.4 Å². The number of nitrogen functional groups attached to an aromatic ring is 1.